The molecule has 3 heteroatoms. The summed E-state index contributed by atoms with van der Waals surface area (Å²) >= 11 is 0. The van der Waals surface area contributed by atoms with Gasteiger partial charge in [-0.1, -0.05) is 38.5 Å². The van der Waals surface area contributed by atoms with Crippen LogP contribution in [-0.4, -0.2) is 9.55 Å². The minimum atomic E-state index is 0.652. The van der Waals surface area contributed by atoms with Crippen molar-refractivity contribution >= 4 is 16.7 Å². The van der Waals surface area contributed by atoms with Gasteiger partial charge < -0.3 is 10.3 Å². The average molecular weight is 297 g/mol. The molecule has 2 fully saturated rings. The molecule has 118 valence electrons. The lowest BCUT2D eigenvalue weighted by atomic mass is 9.88. The van der Waals surface area contributed by atoms with E-state index >= 15 is 0 Å². The Kier molecular flexibility index (Phi) is 3.81. The van der Waals surface area contributed by atoms with E-state index in [1.54, 1.807) is 0 Å². The molecule has 1 aromatic carbocycles. The number of benzene rings is 1. The van der Waals surface area contributed by atoms with Crippen LogP contribution < -0.4 is 5.73 Å². The summed E-state index contributed by atoms with van der Waals surface area (Å²) in [5, 5.41) is 0. The second kappa shape index (κ2) is 5.94. The molecular weight excluding hydrogens is 270 g/mol. The molecule has 0 amide bonds. The zero-order valence-corrected chi connectivity index (χ0v) is 13.4. The van der Waals surface area contributed by atoms with Crippen LogP contribution in [0, 0.1) is 0 Å². The summed E-state index contributed by atoms with van der Waals surface area (Å²) in [7, 11) is 0. The lowest BCUT2D eigenvalue weighted by Crippen LogP contribution is -2.18. The molecule has 3 nitrogen and oxygen atoms in total. The number of anilines is 1. The van der Waals surface area contributed by atoms with Crippen molar-refractivity contribution in [1.82, 2.24) is 9.55 Å². The molecule has 0 saturated heterocycles. The van der Waals surface area contributed by atoms with E-state index in [4.69, 9.17) is 10.7 Å². The van der Waals surface area contributed by atoms with Crippen molar-refractivity contribution in [2.45, 2.75) is 76.2 Å². The zero-order valence-electron chi connectivity index (χ0n) is 13.4. The molecule has 1 aromatic heterocycles. The number of rotatable bonds is 2. The molecule has 2 saturated carbocycles. The van der Waals surface area contributed by atoms with Crippen LogP contribution in [0.2, 0.25) is 0 Å². The molecule has 0 unspecified atom stereocenters. The largest absolute Gasteiger partial charge is 0.399 e. The van der Waals surface area contributed by atoms with Gasteiger partial charge in [-0.05, 0) is 43.9 Å². The Balaban J connectivity index is 1.81. The molecule has 0 radical (unpaired) electrons. The highest BCUT2D eigenvalue weighted by Gasteiger charge is 2.27. The Morgan fingerprint density at radius 3 is 2.32 bits per heavy atom. The van der Waals surface area contributed by atoms with Crippen molar-refractivity contribution in [1.29, 1.82) is 0 Å². The predicted molar refractivity (Wildman–Crippen MR) is 92.1 cm³/mol. The van der Waals surface area contributed by atoms with Crippen LogP contribution >= 0.6 is 0 Å². The summed E-state index contributed by atoms with van der Waals surface area (Å²) in [5.74, 6) is 2.01. The summed E-state index contributed by atoms with van der Waals surface area (Å²) in [6.45, 7) is 0. The van der Waals surface area contributed by atoms with Crippen LogP contribution in [0.25, 0.3) is 11.0 Å². The summed E-state index contributed by atoms with van der Waals surface area (Å²) in [6, 6.07) is 6.94. The number of imidazole rings is 1. The van der Waals surface area contributed by atoms with Gasteiger partial charge in [0.15, 0.2) is 0 Å². The Hall–Kier alpha value is -1.51. The molecule has 22 heavy (non-hydrogen) atoms. The third-order valence-electron chi connectivity index (χ3n) is 5.65. The van der Waals surface area contributed by atoms with Gasteiger partial charge >= 0.3 is 0 Å². The fraction of sp³-hybridized carbons (Fsp3) is 0.632. The van der Waals surface area contributed by atoms with Gasteiger partial charge in [-0.25, -0.2) is 4.98 Å². The van der Waals surface area contributed by atoms with Crippen LogP contribution in [0.1, 0.15) is 82.0 Å². The number of nitrogen functional groups attached to an aromatic ring is 1. The SMILES string of the molecule is Nc1ccc2c(c1)nc(C1CCCCC1)n2C1CCCCC1. The maximum Gasteiger partial charge on any atom is 0.113 e. The first kappa shape index (κ1) is 14.1. The molecule has 1 heterocycles. The number of fused-ring (bicyclic) bond motifs is 1. The van der Waals surface area contributed by atoms with Gasteiger partial charge in [0, 0.05) is 17.6 Å². The maximum absolute atomic E-state index is 5.99. The number of aromatic nitrogens is 2. The predicted octanol–water partition coefficient (Wildman–Crippen LogP) is 5.17. The van der Waals surface area contributed by atoms with E-state index in [9.17, 15) is 0 Å². The van der Waals surface area contributed by atoms with Gasteiger partial charge in [0.2, 0.25) is 0 Å². The fourth-order valence-corrected chi connectivity index (χ4v) is 4.51. The molecule has 0 spiro atoms. The van der Waals surface area contributed by atoms with Gasteiger partial charge in [0.25, 0.3) is 0 Å². The van der Waals surface area contributed by atoms with Gasteiger partial charge in [-0.2, -0.15) is 0 Å². The van der Waals surface area contributed by atoms with Gasteiger partial charge in [-0.3, -0.25) is 0 Å². The second-order valence-electron chi connectivity index (χ2n) is 7.21. The first-order valence-corrected chi connectivity index (χ1v) is 9.10. The lowest BCUT2D eigenvalue weighted by molar-refractivity contribution is 0.333. The highest BCUT2D eigenvalue weighted by atomic mass is 15.1. The molecule has 2 aromatic rings. The third-order valence-corrected chi connectivity index (χ3v) is 5.65. The molecule has 2 aliphatic rings. The standard InChI is InChI=1S/C19H27N3/c20-15-11-12-18-17(13-15)21-19(14-7-3-1-4-8-14)22(18)16-9-5-2-6-10-16/h11-14,16H,1-10,20H2. The van der Waals surface area contributed by atoms with Crippen LogP contribution in [0.15, 0.2) is 18.2 Å². The van der Waals surface area contributed by atoms with Crippen molar-refractivity contribution in [2.24, 2.45) is 0 Å². The minimum absolute atomic E-state index is 0.652. The van der Waals surface area contributed by atoms with E-state index in [-0.39, 0.29) is 0 Å². The Morgan fingerprint density at radius 2 is 1.59 bits per heavy atom. The van der Waals surface area contributed by atoms with Gasteiger partial charge in [0.05, 0.1) is 11.0 Å². The second-order valence-corrected chi connectivity index (χ2v) is 7.21. The van der Waals surface area contributed by atoms with Crippen molar-refractivity contribution in [2.75, 3.05) is 5.73 Å². The number of hydrogen-bond acceptors (Lipinski definition) is 2. The summed E-state index contributed by atoms with van der Waals surface area (Å²) in [6.07, 6.45) is 13.5. The third kappa shape index (κ3) is 2.51. The molecule has 0 atom stereocenters. The van der Waals surface area contributed by atoms with E-state index in [1.807, 2.05) is 6.07 Å². The smallest absolute Gasteiger partial charge is 0.113 e. The number of nitrogens with zero attached hydrogens (tertiary/aromatic N) is 2. The lowest BCUT2D eigenvalue weighted by Gasteiger charge is -2.29. The molecule has 0 bridgehead atoms. The normalized spacial score (nSPS) is 21.5. The van der Waals surface area contributed by atoms with Crippen molar-refractivity contribution in [3.05, 3.63) is 24.0 Å². The average Bonchev–Trinajstić information content (AvgIpc) is 2.95. The Bertz CT molecular complexity index is 646. The molecular formula is C19H27N3. The quantitative estimate of drug-likeness (QED) is 0.777. The molecule has 2 N–H and O–H groups in total. The summed E-state index contributed by atoms with van der Waals surface area (Å²) in [5.41, 5.74) is 9.23. The fourth-order valence-electron chi connectivity index (χ4n) is 4.51. The molecule has 0 aliphatic heterocycles. The topological polar surface area (TPSA) is 43.8 Å². The van der Waals surface area contributed by atoms with Crippen LogP contribution in [0.4, 0.5) is 5.69 Å². The van der Waals surface area contributed by atoms with E-state index in [2.05, 4.69) is 16.7 Å². The van der Waals surface area contributed by atoms with Crippen LogP contribution in [0.5, 0.6) is 0 Å². The highest BCUT2D eigenvalue weighted by Crippen LogP contribution is 2.39. The Labute approximate surface area is 132 Å². The summed E-state index contributed by atoms with van der Waals surface area (Å²) in [4.78, 5) is 5.06. The van der Waals surface area contributed by atoms with Crippen molar-refractivity contribution in [3.63, 3.8) is 0 Å². The van der Waals surface area contributed by atoms with Gasteiger partial charge in [0.1, 0.15) is 5.82 Å². The maximum atomic E-state index is 5.99. The molecule has 4 rings (SSSR count). The van der Waals surface area contributed by atoms with Gasteiger partial charge in [-0.15, -0.1) is 0 Å². The van der Waals surface area contributed by atoms with E-state index in [0.717, 1.165) is 11.2 Å². The van der Waals surface area contributed by atoms with Crippen molar-refractivity contribution < 1.29 is 0 Å². The van der Waals surface area contributed by atoms with Crippen molar-refractivity contribution in [3.8, 4) is 0 Å². The van der Waals surface area contributed by atoms with E-state index in [0.29, 0.717) is 12.0 Å². The highest BCUT2D eigenvalue weighted by molar-refractivity contribution is 5.80. The van der Waals surface area contributed by atoms with Crippen LogP contribution in [0.3, 0.4) is 0 Å². The molecule has 2 aliphatic carbocycles. The number of nitrogens with two attached hydrogens (primary N) is 1. The van der Waals surface area contributed by atoms with Crippen LogP contribution in [-0.2, 0) is 0 Å². The number of hydrogen-bond donors (Lipinski definition) is 1. The Morgan fingerprint density at radius 1 is 0.909 bits per heavy atom. The monoisotopic (exact) mass is 297 g/mol. The minimum Gasteiger partial charge on any atom is -0.399 e. The first-order valence-electron chi connectivity index (χ1n) is 9.10. The summed E-state index contributed by atoms with van der Waals surface area (Å²) < 4.78 is 2.60. The first-order chi connectivity index (χ1) is 10.8. The van der Waals surface area contributed by atoms with E-state index in [1.165, 1.54) is 75.5 Å². The zero-order chi connectivity index (χ0) is 14.9. The van der Waals surface area contributed by atoms with E-state index < -0.39 is 0 Å².